The third-order valence-electron chi connectivity index (χ3n) is 13.4. The lowest BCUT2D eigenvalue weighted by Gasteiger charge is -2.50. The number of aliphatic hydroxyl groups excluding tert-OH is 8. The van der Waals surface area contributed by atoms with E-state index in [9.17, 15) is 50.4 Å². The van der Waals surface area contributed by atoms with Gasteiger partial charge in [0.25, 0.3) is 0 Å². The molecule has 0 aromatic rings. The van der Waals surface area contributed by atoms with Crippen molar-refractivity contribution >= 4 is 11.9 Å². The Bertz CT molecular complexity index is 1430. The van der Waals surface area contributed by atoms with Crippen molar-refractivity contribution in [3.63, 3.8) is 0 Å². The van der Waals surface area contributed by atoms with Crippen molar-refractivity contribution in [3.05, 3.63) is 0 Å². The second-order valence-electron chi connectivity index (χ2n) is 18.5. The van der Waals surface area contributed by atoms with Gasteiger partial charge >= 0.3 is 11.9 Å². The van der Waals surface area contributed by atoms with E-state index in [0.717, 1.165) is 57.8 Å². The molecular weight excluding hydrogens is 860 g/mol. The van der Waals surface area contributed by atoms with Crippen molar-refractivity contribution in [1.29, 1.82) is 0 Å². The van der Waals surface area contributed by atoms with Crippen LogP contribution in [0.1, 0.15) is 131 Å². The normalized spacial score (nSPS) is 44.8. The molecule has 0 aliphatic carbocycles. The maximum absolute atomic E-state index is 13.8. The van der Waals surface area contributed by atoms with Crippen LogP contribution in [0.5, 0.6) is 0 Å². The fraction of sp³-hybridized carbons (Fsp3) is 0.956. The number of unbranched alkanes of at least 4 members (excludes halogenated alkanes) is 2. The highest BCUT2D eigenvalue weighted by molar-refractivity contribution is 5.72. The Morgan fingerprint density at radius 3 is 1.88 bits per heavy atom. The van der Waals surface area contributed by atoms with Gasteiger partial charge in [0.05, 0.1) is 36.9 Å². The molecule has 0 spiro atoms. The zero-order valence-electron chi connectivity index (χ0n) is 38.8. The number of rotatable bonds is 10. The molecule has 5 aliphatic heterocycles. The second-order valence-corrected chi connectivity index (χ2v) is 18.5. The molecule has 8 N–H and O–H groups in total. The lowest BCUT2D eigenvalue weighted by Crippen LogP contribution is -2.68. The molecule has 0 aromatic heterocycles. The number of aliphatic hydroxyl groups is 8. The number of ether oxygens (including phenoxy) is 10. The van der Waals surface area contributed by atoms with Crippen LogP contribution in [0, 0.1) is 5.92 Å². The molecule has 2 unspecified atom stereocenters. The van der Waals surface area contributed by atoms with Crippen molar-refractivity contribution in [1.82, 2.24) is 0 Å². The predicted molar refractivity (Wildman–Crippen MR) is 225 cm³/mol. The summed E-state index contributed by atoms with van der Waals surface area (Å²) in [4.78, 5) is 27.5. The third-order valence-corrected chi connectivity index (χ3v) is 13.4. The van der Waals surface area contributed by atoms with Crippen LogP contribution in [-0.2, 0) is 57.0 Å². The molecule has 0 amide bonds. The maximum atomic E-state index is 13.8. The Balaban J connectivity index is 1.56. The van der Waals surface area contributed by atoms with Crippen molar-refractivity contribution in [2.24, 2.45) is 5.92 Å². The zero-order chi connectivity index (χ0) is 47.5. The van der Waals surface area contributed by atoms with Crippen LogP contribution in [0.4, 0.5) is 0 Å². The summed E-state index contributed by atoms with van der Waals surface area (Å²) in [6, 6.07) is 0. The van der Waals surface area contributed by atoms with Gasteiger partial charge in [-0.1, -0.05) is 78.6 Å². The number of fused-ring (bicyclic) bond motifs is 4. The fourth-order valence-electron chi connectivity index (χ4n) is 8.93. The molecule has 65 heavy (non-hydrogen) atoms. The summed E-state index contributed by atoms with van der Waals surface area (Å²) in [6.07, 6.45) is -20.4. The van der Waals surface area contributed by atoms with Crippen LogP contribution >= 0.6 is 0 Å². The Hall–Kier alpha value is -1.70. The standard InChI is InChI=1S/C45H78O20/c1-7-9-15-18-26-19-16-13-11-10-12-14-17-20-28(47)61-39-36(63-42-35(54)32(51)29(48)23(4)56-42)25(6)58-45(40(39)62-41(55)22(3)8-2)65-38-34(53)31(50)27(21-46)60-44(38)64-37-33(52)30(49)24(5)57-43(37)59-26/h22-27,29-40,42-46,48-54H,7-21H2,1-6H3/t22?,23-,24-,25+,26?,27-,29-,30-,31-,32+,33+,34+,35-,36+,37-,38-,39-,40-,42+,43+,44+,45+/m1/s1. The van der Waals surface area contributed by atoms with Gasteiger partial charge in [-0.2, -0.15) is 0 Å². The first-order valence-electron chi connectivity index (χ1n) is 24.0. The number of hydrogen-bond acceptors (Lipinski definition) is 20. The molecule has 0 saturated carbocycles. The van der Waals surface area contributed by atoms with E-state index in [4.69, 9.17) is 47.4 Å². The van der Waals surface area contributed by atoms with Crippen molar-refractivity contribution in [2.45, 2.75) is 260 Å². The van der Waals surface area contributed by atoms with Crippen LogP contribution < -0.4 is 0 Å². The highest BCUT2D eigenvalue weighted by Gasteiger charge is 2.57. The van der Waals surface area contributed by atoms with E-state index < -0.39 is 147 Å². The van der Waals surface area contributed by atoms with E-state index in [1.165, 1.54) is 13.8 Å². The Morgan fingerprint density at radius 2 is 1.22 bits per heavy atom. The van der Waals surface area contributed by atoms with Gasteiger partial charge in [0.15, 0.2) is 37.4 Å². The Kier molecular flexibility index (Phi) is 21.5. The molecule has 0 radical (unpaired) electrons. The Morgan fingerprint density at radius 1 is 0.631 bits per heavy atom. The van der Waals surface area contributed by atoms with Crippen molar-refractivity contribution in [3.8, 4) is 0 Å². The lowest BCUT2D eigenvalue weighted by molar-refractivity contribution is -0.399. The molecule has 5 fully saturated rings. The summed E-state index contributed by atoms with van der Waals surface area (Å²) in [5, 5.41) is 87.8. The highest BCUT2D eigenvalue weighted by Crippen LogP contribution is 2.38. The van der Waals surface area contributed by atoms with Crippen molar-refractivity contribution in [2.75, 3.05) is 6.61 Å². The SMILES string of the molecule is CCCCCC1CCCCCCCCCC(=O)O[C@@H]2[C@@H](O[C@@H]3O[C@H](C)[C@@H](O)[C@H](O)[C@H]3O)[C@H](C)O[C@@H](O[C@H]3[C@H](O[C@H]4[C@H](O1)O[C@H](C)[C@@H](O)[C@@H]4O)O[C@H](CO)[C@@H](O)[C@@H]3O)[C@@H]2OC(=O)C(C)CC. The minimum atomic E-state index is -1.90. The van der Waals surface area contributed by atoms with E-state index in [1.54, 1.807) is 20.8 Å². The molecule has 5 saturated heterocycles. The number of carbonyl (C=O) groups is 2. The molecule has 22 atom stereocenters. The largest absolute Gasteiger partial charge is 0.455 e. The lowest BCUT2D eigenvalue weighted by atomic mass is 9.95. The molecular formula is C45H78O20. The second kappa shape index (κ2) is 25.8. The summed E-state index contributed by atoms with van der Waals surface area (Å²) in [5.41, 5.74) is 0. The summed E-state index contributed by atoms with van der Waals surface area (Å²) < 4.78 is 62.1. The minimum Gasteiger partial charge on any atom is -0.455 e. The van der Waals surface area contributed by atoms with Crippen molar-refractivity contribution < 1.29 is 97.8 Å². The van der Waals surface area contributed by atoms with E-state index in [0.29, 0.717) is 25.7 Å². The first-order valence-corrected chi connectivity index (χ1v) is 24.0. The average Bonchev–Trinajstić information content (AvgIpc) is 3.28. The number of carbonyl (C=O) groups excluding carboxylic acids is 2. The van der Waals surface area contributed by atoms with Crippen LogP contribution in [-0.4, -0.2) is 188 Å². The highest BCUT2D eigenvalue weighted by atomic mass is 16.8. The molecule has 20 heteroatoms. The van der Waals surface area contributed by atoms with E-state index in [-0.39, 0.29) is 12.5 Å². The van der Waals surface area contributed by atoms with Gasteiger partial charge in [0.1, 0.15) is 67.1 Å². The average molecular weight is 939 g/mol. The van der Waals surface area contributed by atoms with E-state index >= 15 is 0 Å². The smallest absolute Gasteiger partial charge is 0.309 e. The quantitative estimate of drug-likeness (QED) is 0.112. The monoisotopic (exact) mass is 939 g/mol. The predicted octanol–water partition coefficient (Wildman–Crippen LogP) is 0.980. The zero-order valence-corrected chi connectivity index (χ0v) is 38.8. The number of hydrogen-bond donors (Lipinski definition) is 8. The number of esters is 2. The summed E-state index contributed by atoms with van der Waals surface area (Å²) >= 11 is 0. The fourth-order valence-corrected chi connectivity index (χ4v) is 8.93. The van der Waals surface area contributed by atoms with E-state index in [1.807, 2.05) is 0 Å². The first-order chi connectivity index (χ1) is 31.0. The summed E-state index contributed by atoms with van der Waals surface area (Å²) in [6.45, 7) is 9.26. The molecule has 5 heterocycles. The molecule has 20 nitrogen and oxygen atoms in total. The third kappa shape index (κ3) is 14.0. The van der Waals surface area contributed by atoms with Gasteiger partial charge in [0.2, 0.25) is 0 Å². The molecule has 5 aliphatic rings. The van der Waals surface area contributed by atoms with Crippen LogP contribution in [0.2, 0.25) is 0 Å². The minimum absolute atomic E-state index is 0.0193. The van der Waals surface area contributed by atoms with Crippen LogP contribution in [0.25, 0.3) is 0 Å². The van der Waals surface area contributed by atoms with Gasteiger partial charge < -0.3 is 88.2 Å². The van der Waals surface area contributed by atoms with Crippen LogP contribution in [0.3, 0.4) is 0 Å². The molecule has 378 valence electrons. The summed E-state index contributed by atoms with van der Waals surface area (Å²) in [7, 11) is 0. The molecule has 5 rings (SSSR count). The van der Waals surface area contributed by atoms with Gasteiger partial charge in [0, 0.05) is 6.42 Å². The van der Waals surface area contributed by atoms with Gasteiger partial charge in [-0.3, -0.25) is 9.59 Å². The summed E-state index contributed by atoms with van der Waals surface area (Å²) in [5.74, 6) is -2.12. The topological polar surface area (TPSA) is 288 Å². The van der Waals surface area contributed by atoms with Crippen LogP contribution in [0.15, 0.2) is 0 Å². The van der Waals surface area contributed by atoms with Gasteiger partial charge in [-0.05, 0) is 46.5 Å². The Labute approximate surface area is 382 Å². The van der Waals surface area contributed by atoms with E-state index in [2.05, 4.69) is 6.92 Å². The molecule has 0 aromatic carbocycles. The van der Waals surface area contributed by atoms with Gasteiger partial charge in [-0.15, -0.1) is 0 Å². The molecule has 2 bridgehead atoms. The maximum Gasteiger partial charge on any atom is 0.309 e. The van der Waals surface area contributed by atoms with Gasteiger partial charge in [-0.25, -0.2) is 0 Å². The first kappa shape index (κ1) is 54.2.